The molecule has 1 spiro atoms. The minimum Gasteiger partial charge on any atom is -0.310 e. The summed E-state index contributed by atoms with van der Waals surface area (Å²) >= 11 is 0. The van der Waals surface area contributed by atoms with E-state index in [9.17, 15) is 0 Å². The molecule has 0 aromatic heterocycles. The molecule has 2 aliphatic carbocycles. The Morgan fingerprint density at radius 1 is 0.286 bits per heavy atom. The summed E-state index contributed by atoms with van der Waals surface area (Å²) in [6.07, 6.45) is 0. The first-order chi connectivity index (χ1) is 34.8. The molecule has 0 atom stereocenters. The molecule has 0 saturated heterocycles. The van der Waals surface area contributed by atoms with E-state index in [1.807, 2.05) is 0 Å². The normalized spacial score (nSPS) is 13.9. The van der Waals surface area contributed by atoms with E-state index in [-0.39, 0.29) is 0 Å². The lowest BCUT2D eigenvalue weighted by atomic mass is 9.64. The zero-order chi connectivity index (χ0) is 46.2. The van der Waals surface area contributed by atoms with E-state index < -0.39 is 10.8 Å². The van der Waals surface area contributed by atoms with Crippen LogP contribution in [0, 0.1) is 0 Å². The predicted octanol–water partition coefficient (Wildman–Crippen LogP) is 17.3. The number of para-hydroxylation sites is 3. The number of hydrogen-bond acceptors (Lipinski definition) is 2. The van der Waals surface area contributed by atoms with Crippen LogP contribution in [-0.2, 0) is 10.8 Å². The van der Waals surface area contributed by atoms with Crippen molar-refractivity contribution in [1.82, 2.24) is 0 Å². The number of hydrogen-bond donors (Lipinski definition) is 0. The quantitative estimate of drug-likeness (QED) is 0.157. The summed E-state index contributed by atoms with van der Waals surface area (Å²) in [5.74, 6) is 0. The van der Waals surface area contributed by atoms with Gasteiger partial charge in [0.15, 0.2) is 0 Å². The number of fused-ring (bicyclic) bond motifs is 12. The van der Waals surface area contributed by atoms with Gasteiger partial charge in [-0.2, -0.15) is 0 Å². The molecule has 11 aromatic rings. The second-order valence-electron chi connectivity index (χ2n) is 18.7. The molecule has 11 aromatic carbocycles. The molecule has 0 saturated carbocycles. The van der Waals surface area contributed by atoms with Crippen molar-refractivity contribution in [2.75, 3.05) is 9.80 Å². The fourth-order valence-corrected chi connectivity index (χ4v) is 12.6. The molecule has 2 nitrogen and oxygen atoms in total. The maximum atomic E-state index is 2.54. The molecule has 1 heterocycles. The highest BCUT2D eigenvalue weighted by molar-refractivity contribution is 6.02. The molecule has 0 amide bonds. The summed E-state index contributed by atoms with van der Waals surface area (Å²) in [4.78, 5) is 5.00. The van der Waals surface area contributed by atoms with Gasteiger partial charge in [0, 0.05) is 22.6 Å². The number of benzene rings is 11. The first kappa shape index (κ1) is 40.1. The largest absolute Gasteiger partial charge is 0.310 e. The SMILES string of the molecule is c1ccc(-c2cccc(N(c3ccc4c(c3)C(c3ccccc3)(c3ccccc3)c3ccccc3-4)c3cccc4c3-c3ccccc3C43c4ccccc4N(c4ccccc4)c4ccccc43)c2)cc1. The highest BCUT2D eigenvalue weighted by atomic mass is 15.2. The van der Waals surface area contributed by atoms with Crippen LogP contribution < -0.4 is 9.80 Å². The molecule has 0 radical (unpaired) electrons. The second kappa shape index (κ2) is 15.8. The maximum absolute atomic E-state index is 2.54. The van der Waals surface area contributed by atoms with Gasteiger partial charge in [0.25, 0.3) is 0 Å². The van der Waals surface area contributed by atoms with Crippen molar-refractivity contribution in [2.24, 2.45) is 0 Å². The van der Waals surface area contributed by atoms with E-state index in [0.29, 0.717) is 0 Å². The van der Waals surface area contributed by atoms with Crippen molar-refractivity contribution in [1.29, 1.82) is 0 Å². The lowest BCUT2D eigenvalue weighted by Crippen LogP contribution is -2.36. The van der Waals surface area contributed by atoms with Gasteiger partial charge in [-0.3, -0.25) is 0 Å². The zero-order valence-electron chi connectivity index (χ0n) is 38.5. The Labute approximate surface area is 409 Å². The molecular formula is C68H46N2. The van der Waals surface area contributed by atoms with Gasteiger partial charge in [-0.05, 0) is 127 Å². The highest BCUT2D eigenvalue weighted by Gasteiger charge is 2.53. The van der Waals surface area contributed by atoms with Crippen LogP contribution in [-0.4, -0.2) is 0 Å². The topological polar surface area (TPSA) is 6.48 Å². The molecule has 0 fully saturated rings. The summed E-state index contributed by atoms with van der Waals surface area (Å²) in [7, 11) is 0. The third-order valence-corrected chi connectivity index (χ3v) is 15.3. The zero-order valence-corrected chi connectivity index (χ0v) is 38.5. The maximum Gasteiger partial charge on any atom is 0.0755 e. The van der Waals surface area contributed by atoms with Gasteiger partial charge in [0.1, 0.15) is 0 Å². The number of rotatable bonds is 7. The Kier molecular flexibility index (Phi) is 9.06. The lowest BCUT2D eigenvalue weighted by Gasteiger charge is -2.45. The minimum atomic E-state index is -0.604. The van der Waals surface area contributed by atoms with Crippen LogP contribution in [0.5, 0.6) is 0 Å². The van der Waals surface area contributed by atoms with Crippen molar-refractivity contribution >= 4 is 34.1 Å². The average Bonchev–Trinajstić information content (AvgIpc) is 3.91. The van der Waals surface area contributed by atoms with Crippen LogP contribution >= 0.6 is 0 Å². The average molecular weight is 891 g/mol. The molecule has 1 aliphatic heterocycles. The van der Waals surface area contributed by atoms with Gasteiger partial charge in [-0.25, -0.2) is 0 Å². The smallest absolute Gasteiger partial charge is 0.0755 e. The van der Waals surface area contributed by atoms with Crippen LogP contribution in [0.3, 0.4) is 0 Å². The van der Waals surface area contributed by atoms with Crippen LogP contribution in [0.25, 0.3) is 33.4 Å². The van der Waals surface area contributed by atoms with Crippen LogP contribution in [0.1, 0.15) is 44.5 Å². The van der Waals surface area contributed by atoms with E-state index >= 15 is 0 Å². The third-order valence-electron chi connectivity index (χ3n) is 15.3. The summed E-state index contributed by atoms with van der Waals surface area (Å²) in [6, 6.07) is 104. The summed E-state index contributed by atoms with van der Waals surface area (Å²) in [5, 5.41) is 0. The van der Waals surface area contributed by atoms with E-state index in [1.54, 1.807) is 0 Å². The van der Waals surface area contributed by atoms with Crippen LogP contribution in [0.2, 0.25) is 0 Å². The predicted molar refractivity (Wildman–Crippen MR) is 289 cm³/mol. The summed E-state index contributed by atoms with van der Waals surface area (Å²) < 4.78 is 0. The number of nitrogens with zero attached hydrogens (tertiary/aromatic N) is 2. The van der Waals surface area contributed by atoms with Gasteiger partial charge in [-0.15, -0.1) is 0 Å². The molecule has 0 bridgehead atoms. The molecule has 2 heteroatoms. The molecule has 70 heavy (non-hydrogen) atoms. The molecule has 0 unspecified atom stereocenters. The van der Waals surface area contributed by atoms with Crippen molar-refractivity contribution in [3.8, 4) is 33.4 Å². The summed E-state index contributed by atoms with van der Waals surface area (Å²) in [6.45, 7) is 0. The van der Waals surface area contributed by atoms with Gasteiger partial charge in [0.2, 0.25) is 0 Å². The Morgan fingerprint density at radius 2 is 0.757 bits per heavy atom. The van der Waals surface area contributed by atoms with E-state index in [2.05, 4.69) is 289 Å². The van der Waals surface area contributed by atoms with Crippen molar-refractivity contribution in [2.45, 2.75) is 10.8 Å². The van der Waals surface area contributed by atoms with E-state index in [0.717, 1.165) is 22.7 Å². The fourth-order valence-electron chi connectivity index (χ4n) is 12.6. The molecule has 14 rings (SSSR count). The molecule has 328 valence electrons. The molecular weight excluding hydrogens is 845 g/mol. The van der Waals surface area contributed by atoms with E-state index in [4.69, 9.17) is 0 Å². The fraction of sp³-hybridized carbons (Fsp3) is 0.0294. The standard InChI is InChI=1S/C68H46N2/c1-5-23-47(24-6-1)48-25-21-32-52(45-48)69(53-43-44-55-54-33-13-15-35-57(54)67(62(55)46-53,49-26-7-2-8-27-49)50-28-9-3-10-29-50)65-42-22-39-61-66(65)56-34-14-16-36-58(56)68(61)59-37-17-19-40-63(59)70(51-30-11-4-12-31-51)64-41-20-18-38-60(64)68/h1-46H. The first-order valence-corrected chi connectivity index (χ1v) is 24.3. The molecule has 3 aliphatic rings. The Balaban J connectivity index is 1.07. The first-order valence-electron chi connectivity index (χ1n) is 24.3. The Morgan fingerprint density at radius 3 is 1.41 bits per heavy atom. The van der Waals surface area contributed by atoms with Gasteiger partial charge in [-0.1, -0.05) is 224 Å². The van der Waals surface area contributed by atoms with Crippen molar-refractivity contribution in [3.05, 3.63) is 324 Å². The Bertz CT molecular complexity index is 3700. The molecule has 0 N–H and O–H groups in total. The monoisotopic (exact) mass is 890 g/mol. The second-order valence-corrected chi connectivity index (χ2v) is 18.7. The van der Waals surface area contributed by atoms with Gasteiger partial charge >= 0.3 is 0 Å². The summed E-state index contributed by atoms with van der Waals surface area (Å²) in [5.41, 5.74) is 23.2. The van der Waals surface area contributed by atoms with Crippen LogP contribution in [0.15, 0.2) is 279 Å². The van der Waals surface area contributed by atoms with Crippen LogP contribution in [0.4, 0.5) is 34.1 Å². The van der Waals surface area contributed by atoms with Crippen molar-refractivity contribution in [3.63, 3.8) is 0 Å². The number of anilines is 6. The third kappa shape index (κ3) is 5.62. The van der Waals surface area contributed by atoms with Crippen molar-refractivity contribution < 1.29 is 0 Å². The van der Waals surface area contributed by atoms with Gasteiger partial charge in [0.05, 0.1) is 27.9 Å². The highest BCUT2D eigenvalue weighted by Crippen LogP contribution is 2.65. The van der Waals surface area contributed by atoms with E-state index in [1.165, 1.54) is 89.3 Å². The van der Waals surface area contributed by atoms with Gasteiger partial charge < -0.3 is 9.80 Å². The minimum absolute atomic E-state index is 0.558. The Hall–Kier alpha value is -8.98. The lowest BCUT2D eigenvalue weighted by molar-refractivity contribution is 0.752.